The first kappa shape index (κ1) is 27.7. The Kier molecular flexibility index (Phi) is 6.92. The Morgan fingerprint density at radius 1 is 1.12 bits per heavy atom. The minimum atomic E-state index is -4.73. The van der Waals surface area contributed by atoms with E-state index in [1.807, 2.05) is 0 Å². The number of hydrogen-bond donors (Lipinski definition) is 3. The second-order valence-corrected chi connectivity index (χ2v) is 11.3. The van der Waals surface area contributed by atoms with Gasteiger partial charge in [-0.05, 0) is 36.2 Å². The van der Waals surface area contributed by atoms with Crippen LogP contribution in [0, 0.1) is 11.6 Å². The number of sulfonamides is 1. The number of alkyl halides is 3. The number of halogens is 6. The molecule has 1 atom stereocenters. The van der Waals surface area contributed by atoms with Crippen LogP contribution in [0.1, 0.15) is 17.3 Å². The number of hydrogen-bond acceptors (Lipinski definition) is 6. The van der Waals surface area contributed by atoms with Gasteiger partial charge in [-0.25, -0.2) is 22.2 Å². The predicted molar refractivity (Wildman–Crippen MR) is 139 cm³/mol. The van der Waals surface area contributed by atoms with E-state index >= 15 is 0 Å². The molecule has 3 heterocycles. The Bertz CT molecular complexity index is 1850. The van der Waals surface area contributed by atoms with Gasteiger partial charge in [-0.2, -0.15) is 23.4 Å². The zero-order valence-electron chi connectivity index (χ0n) is 20.4. The van der Waals surface area contributed by atoms with Crippen molar-refractivity contribution >= 4 is 49.4 Å². The number of aromatic nitrogens is 5. The third-order valence-electron chi connectivity index (χ3n) is 5.93. The van der Waals surface area contributed by atoms with Crippen molar-refractivity contribution in [1.82, 2.24) is 25.0 Å². The minimum Gasteiger partial charge on any atom is -0.322 e. The molecule has 5 rings (SSSR count). The summed E-state index contributed by atoms with van der Waals surface area (Å²) in [5, 5.41) is 10.4. The molecule has 0 aliphatic heterocycles. The number of nitrogens with one attached hydrogen (secondary N) is 2. The topological polar surface area (TPSA) is 132 Å². The molecular formula is C24H19ClF5N7O2S. The largest absolute Gasteiger partial charge is 0.408 e. The van der Waals surface area contributed by atoms with Crippen LogP contribution in [0.4, 0.5) is 27.8 Å². The average Bonchev–Trinajstić information content (AvgIpc) is 3.40. The van der Waals surface area contributed by atoms with Gasteiger partial charge < -0.3 is 5.73 Å². The zero-order valence-corrected chi connectivity index (χ0v) is 22.0. The third-order valence-corrected chi connectivity index (χ3v) is 6.81. The molecule has 4 N–H and O–H groups in total. The fraction of sp³-hybridized carbons (Fsp3) is 0.208. The van der Waals surface area contributed by atoms with Gasteiger partial charge in [0.2, 0.25) is 10.0 Å². The summed E-state index contributed by atoms with van der Waals surface area (Å²) in [5.74, 6) is -2.01. The number of nitrogens with zero attached hydrogens (tertiary/aromatic N) is 4. The first-order chi connectivity index (χ1) is 18.7. The quantitative estimate of drug-likeness (QED) is 0.224. The normalized spacial score (nSPS) is 13.3. The van der Waals surface area contributed by atoms with Crippen LogP contribution in [0.15, 0.2) is 42.6 Å². The van der Waals surface area contributed by atoms with Crippen LogP contribution in [-0.2, 0) is 23.0 Å². The van der Waals surface area contributed by atoms with Crippen molar-refractivity contribution in [2.75, 3.05) is 11.0 Å². The standard InChI is InChI=1S/C24H19ClF5N7O2S/c1-40(38,39)36-23-20-16(25)3-2-14(22(20)37(35-23)10-24(28,29)30)15-8-18-19(9-32-34-18)33-21(15)17(31)6-11-4-12(26)7-13(27)5-11/h2-5,7-9,17H,6,10,31H2,1H3,(H,32,34)(H,35,36)/t17-/m0/s1. The highest BCUT2D eigenvalue weighted by atomic mass is 35.5. The molecule has 0 saturated heterocycles. The highest BCUT2D eigenvalue weighted by Gasteiger charge is 2.32. The molecule has 2 aromatic carbocycles. The summed E-state index contributed by atoms with van der Waals surface area (Å²) in [6, 6.07) is 6.33. The van der Waals surface area contributed by atoms with E-state index in [-0.39, 0.29) is 44.7 Å². The van der Waals surface area contributed by atoms with Crippen molar-refractivity contribution in [3.05, 3.63) is 70.5 Å². The summed E-state index contributed by atoms with van der Waals surface area (Å²) in [5.41, 5.74) is 7.94. The second kappa shape index (κ2) is 9.98. The number of pyridine rings is 1. The van der Waals surface area contributed by atoms with Crippen molar-refractivity contribution in [3.8, 4) is 11.1 Å². The predicted octanol–water partition coefficient (Wildman–Crippen LogP) is 5.08. The van der Waals surface area contributed by atoms with Gasteiger partial charge in [0.25, 0.3) is 0 Å². The van der Waals surface area contributed by atoms with Crippen LogP contribution in [0.3, 0.4) is 0 Å². The number of anilines is 1. The van der Waals surface area contributed by atoms with E-state index in [2.05, 4.69) is 25.0 Å². The third kappa shape index (κ3) is 5.71. The Morgan fingerprint density at radius 3 is 2.48 bits per heavy atom. The van der Waals surface area contributed by atoms with Gasteiger partial charge in [-0.3, -0.25) is 14.5 Å². The molecule has 210 valence electrons. The van der Waals surface area contributed by atoms with Gasteiger partial charge >= 0.3 is 6.18 Å². The lowest BCUT2D eigenvalue weighted by atomic mass is 9.94. The van der Waals surface area contributed by atoms with Crippen LogP contribution in [-0.4, -0.2) is 45.8 Å². The van der Waals surface area contributed by atoms with E-state index in [0.717, 1.165) is 18.4 Å². The SMILES string of the molecule is CS(=O)(=O)Nc1nn(CC(F)(F)F)c2c(-c3cc4[nH]ncc4nc3[C@@H](N)Cc3cc(F)cc(F)c3)ccc(Cl)c12. The van der Waals surface area contributed by atoms with Gasteiger partial charge in [0.05, 0.1) is 45.6 Å². The molecule has 3 aromatic heterocycles. The van der Waals surface area contributed by atoms with Gasteiger partial charge in [0, 0.05) is 17.2 Å². The van der Waals surface area contributed by atoms with Gasteiger partial charge in [0.1, 0.15) is 23.7 Å². The molecule has 0 bridgehead atoms. The molecule has 16 heteroatoms. The van der Waals surface area contributed by atoms with E-state index in [4.69, 9.17) is 17.3 Å². The Balaban J connectivity index is 1.77. The van der Waals surface area contributed by atoms with Crippen LogP contribution in [0.25, 0.3) is 33.1 Å². The van der Waals surface area contributed by atoms with Crippen LogP contribution >= 0.6 is 11.6 Å². The van der Waals surface area contributed by atoms with Gasteiger partial charge in [0.15, 0.2) is 5.82 Å². The summed E-state index contributed by atoms with van der Waals surface area (Å²) in [4.78, 5) is 4.55. The molecule has 0 saturated carbocycles. The maximum Gasteiger partial charge on any atom is 0.408 e. The number of nitrogens with two attached hydrogens (primary N) is 1. The van der Waals surface area contributed by atoms with E-state index in [0.29, 0.717) is 21.8 Å². The molecule has 0 aliphatic carbocycles. The average molecular weight is 600 g/mol. The van der Waals surface area contributed by atoms with E-state index in [1.165, 1.54) is 18.3 Å². The summed E-state index contributed by atoms with van der Waals surface area (Å²) in [6.07, 6.45) is -2.57. The smallest absolute Gasteiger partial charge is 0.322 e. The first-order valence-electron chi connectivity index (χ1n) is 11.5. The van der Waals surface area contributed by atoms with E-state index in [9.17, 15) is 30.4 Å². The number of fused-ring (bicyclic) bond motifs is 2. The monoisotopic (exact) mass is 599 g/mol. The van der Waals surface area contributed by atoms with Gasteiger partial charge in [-0.1, -0.05) is 17.7 Å². The lowest BCUT2D eigenvalue weighted by molar-refractivity contribution is -0.141. The highest BCUT2D eigenvalue weighted by Crippen LogP contribution is 2.41. The second-order valence-electron chi connectivity index (χ2n) is 9.13. The van der Waals surface area contributed by atoms with Crippen LogP contribution < -0.4 is 10.5 Å². The molecular weight excluding hydrogens is 581 g/mol. The molecule has 0 spiro atoms. The number of aromatic amines is 1. The number of rotatable bonds is 7. The summed E-state index contributed by atoms with van der Waals surface area (Å²) in [7, 11) is -3.95. The Labute approximate surface area is 228 Å². The van der Waals surface area contributed by atoms with Gasteiger partial charge in [-0.15, -0.1) is 0 Å². The lowest BCUT2D eigenvalue weighted by Gasteiger charge is -2.18. The maximum atomic E-state index is 13.8. The fourth-order valence-electron chi connectivity index (χ4n) is 4.50. The zero-order chi connectivity index (χ0) is 29.0. The number of benzene rings is 2. The Hall–Kier alpha value is -3.82. The molecule has 0 aliphatic rings. The van der Waals surface area contributed by atoms with Crippen molar-refractivity contribution in [1.29, 1.82) is 0 Å². The maximum absolute atomic E-state index is 13.8. The number of H-pyrrole nitrogens is 1. The molecule has 0 radical (unpaired) electrons. The Morgan fingerprint density at radius 2 is 1.82 bits per heavy atom. The van der Waals surface area contributed by atoms with Crippen molar-refractivity contribution in [3.63, 3.8) is 0 Å². The minimum absolute atomic E-state index is 0.0602. The van der Waals surface area contributed by atoms with Crippen LogP contribution in [0.2, 0.25) is 5.02 Å². The highest BCUT2D eigenvalue weighted by molar-refractivity contribution is 7.92. The van der Waals surface area contributed by atoms with Crippen molar-refractivity contribution < 1.29 is 30.4 Å². The summed E-state index contributed by atoms with van der Waals surface area (Å²) in [6.45, 7) is -1.56. The lowest BCUT2D eigenvalue weighted by Crippen LogP contribution is -2.19. The van der Waals surface area contributed by atoms with Crippen molar-refractivity contribution in [2.24, 2.45) is 5.73 Å². The summed E-state index contributed by atoms with van der Waals surface area (Å²) < 4.78 is 95.1. The molecule has 5 aromatic rings. The molecule has 40 heavy (non-hydrogen) atoms. The molecule has 0 amide bonds. The van der Waals surface area contributed by atoms with Crippen LogP contribution in [0.5, 0.6) is 0 Å². The molecule has 0 unspecified atom stereocenters. The van der Waals surface area contributed by atoms with Crippen molar-refractivity contribution in [2.45, 2.75) is 25.2 Å². The first-order valence-corrected chi connectivity index (χ1v) is 13.7. The molecule has 9 nitrogen and oxygen atoms in total. The van der Waals surface area contributed by atoms with E-state index in [1.54, 1.807) is 6.07 Å². The summed E-state index contributed by atoms with van der Waals surface area (Å²) >= 11 is 6.36. The molecule has 0 fully saturated rings. The fourth-order valence-corrected chi connectivity index (χ4v) is 5.24. The van der Waals surface area contributed by atoms with E-state index < -0.39 is 46.2 Å².